The number of hydrogen-bond donors (Lipinski definition) is 1. The van der Waals surface area contributed by atoms with Gasteiger partial charge in [-0.15, -0.1) is 0 Å². The van der Waals surface area contributed by atoms with Crippen LogP contribution in [0.3, 0.4) is 0 Å². The third-order valence-corrected chi connectivity index (χ3v) is 4.08. The molecule has 1 fully saturated rings. The molecule has 1 aliphatic rings. The van der Waals surface area contributed by atoms with Gasteiger partial charge in [0.2, 0.25) is 0 Å². The molecule has 1 saturated heterocycles. The predicted molar refractivity (Wildman–Crippen MR) is 87.3 cm³/mol. The first kappa shape index (κ1) is 16.4. The molecule has 1 heterocycles. The van der Waals surface area contributed by atoms with E-state index in [1.807, 2.05) is 12.1 Å². The lowest BCUT2D eigenvalue weighted by Gasteiger charge is -2.18. The highest BCUT2D eigenvalue weighted by molar-refractivity contribution is 6.04. The second kappa shape index (κ2) is 6.55. The minimum atomic E-state index is -4.51. The molecule has 0 radical (unpaired) electrons. The molecule has 0 atom stereocenters. The highest BCUT2D eigenvalue weighted by Gasteiger charge is 2.33. The maximum Gasteiger partial charge on any atom is 0.418 e. The molecule has 24 heavy (non-hydrogen) atoms. The van der Waals surface area contributed by atoms with E-state index >= 15 is 0 Å². The number of carbonyl (C=O) groups excluding carboxylic acids is 1. The van der Waals surface area contributed by atoms with E-state index in [2.05, 4.69) is 10.2 Å². The van der Waals surface area contributed by atoms with Crippen LogP contribution in [0.5, 0.6) is 0 Å². The van der Waals surface area contributed by atoms with Gasteiger partial charge in [0.25, 0.3) is 5.91 Å². The van der Waals surface area contributed by atoms with Crippen LogP contribution in [-0.2, 0) is 6.18 Å². The number of nitrogens with zero attached hydrogens (tertiary/aromatic N) is 1. The molecular weight excluding hydrogens is 317 g/mol. The van der Waals surface area contributed by atoms with E-state index < -0.39 is 17.6 Å². The summed E-state index contributed by atoms with van der Waals surface area (Å²) in [6.45, 7) is 1.98. The molecule has 0 unspecified atom stereocenters. The zero-order valence-corrected chi connectivity index (χ0v) is 12.9. The average molecular weight is 334 g/mol. The van der Waals surface area contributed by atoms with Crippen molar-refractivity contribution in [2.75, 3.05) is 23.3 Å². The number of hydrogen-bond acceptors (Lipinski definition) is 2. The number of benzene rings is 2. The summed E-state index contributed by atoms with van der Waals surface area (Å²) >= 11 is 0. The van der Waals surface area contributed by atoms with E-state index in [1.54, 1.807) is 12.1 Å². The van der Waals surface area contributed by atoms with Gasteiger partial charge in [-0.05, 0) is 49.2 Å². The number of halogens is 3. The van der Waals surface area contributed by atoms with Crippen molar-refractivity contribution in [2.24, 2.45) is 0 Å². The Morgan fingerprint density at radius 1 is 0.958 bits per heavy atom. The minimum absolute atomic E-state index is 0.237. The molecule has 1 amide bonds. The van der Waals surface area contributed by atoms with Crippen LogP contribution in [0.25, 0.3) is 0 Å². The van der Waals surface area contributed by atoms with Crippen LogP contribution >= 0.6 is 0 Å². The van der Waals surface area contributed by atoms with Gasteiger partial charge in [-0.25, -0.2) is 0 Å². The number of para-hydroxylation sites is 1. The van der Waals surface area contributed by atoms with Crippen molar-refractivity contribution in [3.05, 3.63) is 59.7 Å². The summed E-state index contributed by atoms with van der Waals surface area (Å²) < 4.78 is 38.9. The zero-order chi connectivity index (χ0) is 17.2. The summed E-state index contributed by atoms with van der Waals surface area (Å²) in [6, 6.07) is 11.9. The first-order valence-corrected chi connectivity index (χ1v) is 7.78. The number of alkyl halides is 3. The molecule has 0 bridgehead atoms. The molecule has 3 nitrogen and oxygen atoms in total. The summed E-state index contributed by atoms with van der Waals surface area (Å²) in [5.74, 6) is -0.556. The van der Waals surface area contributed by atoms with Crippen LogP contribution in [-0.4, -0.2) is 19.0 Å². The summed E-state index contributed by atoms with van der Waals surface area (Å²) in [4.78, 5) is 14.5. The van der Waals surface area contributed by atoms with E-state index in [9.17, 15) is 18.0 Å². The molecule has 3 rings (SSSR count). The van der Waals surface area contributed by atoms with Crippen molar-refractivity contribution in [2.45, 2.75) is 19.0 Å². The van der Waals surface area contributed by atoms with Crippen molar-refractivity contribution >= 4 is 17.3 Å². The van der Waals surface area contributed by atoms with Crippen LogP contribution in [0.15, 0.2) is 48.5 Å². The van der Waals surface area contributed by atoms with Crippen LogP contribution in [0.4, 0.5) is 24.5 Å². The molecule has 1 N–H and O–H groups in total. The highest BCUT2D eigenvalue weighted by Crippen LogP contribution is 2.34. The third-order valence-electron chi connectivity index (χ3n) is 4.08. The lowest BCUT2D eigenvalue weighted by atomic mass is 10.1. The van der Waals surface area contributed by atoms with Gasteiger partial charge in [0.15, 0.2) is 0 Å². The minimum Gasteiger partial charge on any atom is -0.372 e. The van der Waals surface area contributed by atoms with Gasteiger partial charge in [0, 0.05) is 24.3 Å². The van der Waals surface area contributed by atoms with Crippen molar-refractivity contribution in [3.63, 3.8) is 0 Å². The molecule has 2 aromatic rings. The first-order valence-electron chi connectivity index (χ1n) is 7.78. The second-order valence-corrected chi connectivity index (χ2v) is 5.74. The molecule has 0 spiro atoms. The summed E-state index contributed by atoms with van der Waals surface area (Å²) in [5, 5.41) is 2.35. The SMILES string of the molecule is O=C(Nc1ccccc1C(F)(F)F)c1ccc(N2CCCC2)cc1. The molecule has 0 saturated carbocycles. The monoisotopic (exact) mass is 334 g/mol. The van der Waals surface area contributed by atoms with E-state index in [0.717, 1.165) is 37.7 Å². The van der Waals surface area contributed by atoms with Crippen LogP contribution in [0.1, 0.15) is 28.8 Å². The Labute approximate surface area is 138 Å². The maximum atomic E-state index is 13.0. The Bertz CT molecular complexity index is 720. The lowest BCUT2D eigenvalue weighted by Crippen LogP contribution is -2.18. The third kappa shape index (κ3) is 3.53. The number of nitrogens with one attached hydrogen (secondary N) is 1. The Kier molecular flexibility index (Phi) is 4.46. The molecule has 0 aliphatic carbocycles. The van der Waals surface area contributed by atoms with E-state index in [-0.39, 0.29) is 5.69 Å². The van der Waals surface area contributed by atoms with Crippen LogP contribution in [0.2, 0.25) is 0 Å². The molecular formula is C18H17F3N2O. The lowest BCUT2D eigenvalue weighted by molar-refractivity contribution is -0.136. The van der Waals surface area contributed by atoms with E-state index in [1.165, 1.54) is 18.2 Å². The molecule has 126 valence electrons. The van der Waals surface area contributed by atoms with E-state index in [4.69, 9.17) is 0 Å². The van der Waals surface area contributed by atoms with Gasteiger partial charge in [-0.2, -0.15) is 13.2 Å². The number of amides is 1. The zero-order valence-electron chi connectivity index (χ0n) is 12.9. The molecule has 2 aromatic carbocycles. The largest absolute Gasteiger partial charge is 0.418 e. The Morgan fingerprint density at radius 3 is 2.21 bits per heavy atom. The van der Waals surface area contributed by atoms with Crippen molar-refractivity contribution in [3.8, 4) is 0 Å². The highest BCUT2D eigenvalue weighted by atomic mass is 19.4. The smallest absolute Gasteiger partial charge is 0.372 e. The Balaban J connectivity index is 1.76. The fourth-order valence-corrected chi connectivity index (χ4v) is 2.83. The topological polar surface area (TPSA) is 32.3 Å². The molecule has 1 aliphatic heterocycles. The van der Waals surface area contributed by atoms with Crippen LogP contribution < -0.4 is 10.2 Å². The van der Waals surface area contributed by atoms with Gasteiger partial charge < -0.3 is 10.2 Å². The maximum absolute atomic E-state index is 13.0. The normalized spacial score (nSPS) is 14.7. The average Bonchev–Trinajstić information content (AvgIpc) is 3.09. The van der Waals surface area contributed by atoms with Crippen molar-refractivity contribution < 1.29 is 18.0 Å². The van der Waals surface area contributed by atoms with Crippen LogP contribution in [0, 0.1) is 0 Å². The predicted octanol–water partition coefficient (Wildman–Crippen LogP) is 4.56. The van der Waals surface area contributed by atoms with Gasteiger partial charge >= 0.3 is 6.18 Å². The summed E-state index contributed by atoms with van der Waals surface area (Å²) in [6.07, 6.45) is -2.21. The van der Waals surface area contributed by atoms with Gasteiger partial charge in [0.05, 0.1) is 11.3 Å². The Morgan fingerprint density at radius 2 is 1.58 bits per heavy atom. The molecule has 0 aromatic heterocycles. The Hall–Kier alpha value is -2.50. The van der Waals surface area contributed by atoms with Crippen molar-refractivity contribution in [1.82, 2.24) is 0 Å². The first-order chi connectivity index (χ1) is 11.4. The summed E-state index contributed by atoms with van der Waals surface area (Å²) in [5.41, 5.74) is 0.264. The standard InChI is InChI=1S/C18H17F3N2O/c19-18(20,21)15-5-1-2-6-16(15)22-17(24)13-7-9-14(10-8-13)23-11-3-4-12-23/h1-2,5-10H,3-4,11-12H2,(H,22,24). The number of anilines is 2. The number of carbonyl (C=O) groups is 1. The second-order valence-electron chi connectivity index (χ2n) is 5.74. The quantitative estimate of drug-likeness (QED) is 0.892. The fraction of sp³-hybridized carbons (Fsp3) is 0.278. The van der Waals surface area contributed by atoms with E-state index in [0.29, 0.717) is 5.56 Å². The molecule has 6 heteroatoms. The van der Waals surface area contributed by atoms with Gasteiger partial charge in [-0.1, -0.05) is 12.1 Å². The summed E-state index contributed by atoms with van der Waals surface area (Å²) in [7, 11) is 0. The van der Waals surface area contributed by atoms with Crippen molar-refractivity contribution in [1.29, 1.82) is 0 Å². The number of rotatable bonds is 3. The van der Waals surface area contributed by atoms with Gasteiger partial charge in [0.1, 0.15) is 0 Å². The van der Waals surface area contributed by atoms with Gasteiger partial charge in [-0.3, -0.25) is 4.79 Å². The fourth-order valence-electron chi connectivity index (χ4n) is 2.83.